The molecule has 2 heterocycles. The van der Waals surface area contributed by atoms with Crippen molar-refractivity contribution in [3.05, 3.63) is 95.7 Å². The molecule has 1 unspecified atom stereocenters. The quantitative estimate of drug-likeness (QED) is 0.0494. The Morgan fingerprint density at radius 2 is 1.47 bits per heavy atom. The molecule has 0 saturated heterocycles. The molecule has 304 valence electrons. The van der Waals surface area contributed by atoms with Crippen LogP contribution in [0.4, 0.5) is 0 Å². The average molecular weight is 770 g/mol. The highest BCUT2D eigenvalue weighted by Crippen LogP contribution is 2.28. The van der Waals surface area contributed by atoms with Crippen LogP contribution in [0.5, 0.6) is 28.7 Å². The van der Waals surface area contributed by atoms with Gasteiger partial charge in [-0.3, -0.25) is 4.79 Å². The normalized spacial score (nSPS) is 11.0. The van der Waals surface area contributed by atoms with Crippen molar-refractivity contribution in [3.8, 4) is 28.7 Å². The van der Waals surface area contributed by atoms with E-state index in [0.717, 1.165) is 51.6 Å². The van der Waals surface area contributed by atoms with Gasteiger partial charge in [0.1, 0.15) is 18.9 Å². The molecule has 16 heteroatoms. The van der Waals surface area contributed by atoms with Crippen molar-refractivity contribution in [3.63, 3.8) is 0 Å². The summed E-state index contributed by atoms with van der Waals surface area (Å²) in [5.74, 6) is -0.478. The lowest BCUT2D eigenvalue weighted by atomic mass is 10.1. The smallest absolute Gasteiger partial charge is 0.302 e. The van der Waals surface area contributed by atoms with Crippen LogP contribution in [0.3, 0.4) is 0 Å². The molecule has 0 spiro atoms. The molecule has 0 aliphatic carbocycles. The van der Waals surface area contributed by atoms with Crippen LogP contribution < -0.4 is 22.5 Å². The number of ether oxygens (including phenoxy) is 1. The van der Waals surface area contributed by atoms with E-state index in [2.05, 4.69) is 41.4 Å². The van der Waals surface area contributed by atoms with Gasteiger partial charge in [0.05, 0.1) is 33.6 Å². The fourth-order valence-corrected chi connectivity index (χ4v) is 4.52. The number of H-pyrrole nitrogens is 2. The summed E-state index contributed by atoms with van der Waals surface area (Å²) in [4.78, 5) is 20.2. The Balaban J connectivity index is 0.000000347. The molecule has 16 nitrogen and oxygen atoms in total. The molecule has 0 radical (unpaired) electrons. The van der Waals surface area contributed by atoms with Crippen LogP contribution in [0, 0.1) is 0 Å². The van der Waals surface area contributed by atoms with Crippen LogP contribution in [-0.4, -0.2) is 124 Å². The zero-order valence-corrected chi connectivity index (χ0v) is 32.5. The lowest BCUT2D eigenvalue weighted by Gasteiger charge is -2.23. The van der Waals surface area contributed by atoms with E-state index in [1.807, 2.05) is 12.3 Å². The summed E-state index contributed by atoms with van der Waals surface area (Å²) in [6, 6.07) is 14.3. The maximum Gasteiger partial charge on any atom is 0.302 e. The monoisotopic (exact) mass is 769 g/mol. The second-order valence-corrected chi connectivity index (χ2v) is 13.2. The summed E-state index contributed by atoms with van der Waals surface area (Å²) in [5, 5.41) is 58.8. The first kappa shape index (κ1) is 47.7. The number of phenolic OH excluding ortho intramolecular Hbond substituents is 5. The number of hydrogen-bond donors (Lipinski definition) is 12. The molecular weight excluding hydrogens is 708 g/mol. The summed E-state index contributed by atoms with van der Waals surface area (Å²) >= 11 is 0. The number of imidazole rings is 1. The Bertz CT molecular complexity index is 1790. The molecule has 2 aromatic heterocycles. The summed E-state index contributed by atoms with van der Waals surface area (Å²) < 4.78 is 5.59. The zero-order chi connectivity index (χ0) is 41.4. The first-order chi connectivity index (χ1) is 26.0. The first-order valence-electron chi connectivity index (χ1n) is 17.7. The molecule has 5 rings (SSSR count). The average Bonchev–Trinajstić information content (AvgIpc) is 3.79. The molecule has 55 heavy (non-hydrogen) atoms. The number of quaternary nitrogens is 1. The van der Waals surface area contributed by atoms with Crippen LogP contribution in [0.1, 0.15) is 35.4 Å². The summed E-state index contributed by atoms with van der Waals surface area (Å²) in [6.45, 7) is 5.06. The molecule has 0 amide bonds. The molecule has 5 aromatic rings. The second kappa shape index (κ2) is 25.6. The highest BCUT2D eigenvalue weighted by molar-refractivity contribution is 5.84. The number of hydrogen-bond acceptors (Lipinski definition) is 13. The Labute approximate surface area is 322 Å². The third-order valence-corrected chi connectivity index (χ3v) is 7.46. The van der Waals surface area contributed by atoms with Gasteiger partial charge in [0, 0.05) is 48.9 Å². The van der Waals surface area contributed by atoms with Crippen LogP contribution in [0.25, 0.3) is 10.9 Å². The van der Waals surface area contributed by atoms with Gasteiger partial charge in [-0.25, -0.2) is 4.98 Å². The number of carbonyl (C=O) groups is 1. The van der Waals surface area contributed by atoms with Gasteiger partial charge in [-0.2, -0.15) is 0 Å². The number of nitrogens with two attached hydrogens (primary N) is 3. The van der Waals surface area contributed by atoms with Crippen LogP contribution in [-0.2, 0) is 28.8 Å². The van der Waals surface area contributed by atoms with E-state index in [4.69, 9.17) is 42.4 Å². The molecule has 0 aliphatic rings. The van der Waals surface area contributed by atoms with E-state index in [9.17, 15) is 15.0 Å². The number of aromatic hydroxyl groups is 5. The number of aliphatic hydroxyl groups is 1. The van der Waals surface area contributed by atoms with E-state index in [1.165, 1.54) is 31.2 Å². The molecule has 0 bridgehead atoms. The summed E-state index contributed by atoms with van der Waals surface area (Å²) in [6.07, 6.45) is 7.16. The topological polar surface area (TPSA) is 282 Å². The van der Waals surface area contributed by atoms with Crippen molar-refractivity contribution in [2.45, 2.75) is 32.3 Å². The zero-order valence-electron chi connectivity index (χ0n) is 32.5. The number of aromatic amines is 2. The minimum atomic E-state index is -0.670. The highest BCUT2D eigenvalue weighted by atomic mass is 16.5. The van der Waals surface area contributed by atoms with Gasteiger partial charge >= 0.3 is 5.97 Å². The second-order valence-electron chi connectivity index (χ2n) is 13.2. The van der Waals surface area contributed by atoms with Gasteiger partial charge in [-0.05, 0) is 98.7 Å². The van der Waals surface area contributed by atoms with Crippen LogP contribution in [0.15, 0.2) is 73.3 Å². The fourth-order valence-electron chi connectivity index (χ4n) is 4.52. The maximum atomic E-state index is 10.3. The van der Waals surface area contributed by atoms with E-state index in [0.29, 0.717) is 50.5 Å². The Kier molecular flexibility index (Phi) is 22.2. The number of carbonyl (C=O) groups excluding carboxylic acids is 1. The number of nitrogens with zero attached hydrogens (tertiary/aromatic N) is 2. The number of aromatic nitrogens is 3. The highest BCUT2D eigenvalue weighted by Gasteiger charge is 2.09. The van der Waals surface area contributed by atoms with Gasteiger partial charge in [0.15, 0.2) is 23.0 Å². The number of benzene rings is 3. The predicted octanol–water partition coefficient (Wildman–Crippen LogP) is 2.49. The van der Waals surface area contributed by atoms with E-state index >= 15 is 0 Å². The van der Waals surface area contributed by atoms with Crippen molar-refractivity contribution in [2.75, 3.05) is 67.5 Å². The Morgan fingerprint density at radius 3 is 2.00 bits per heavy atom. The van der Waals surface area contributed by atoms with Gasteiger partial charge < -0.3 is 72.3 Å². The lowest BCUT2D eigenvalue weighted by Crippen LogP contribution is -2.37. The Morgan fingerprint density at radius 1 is 0.836 bits per heavy atom. The predicted molar refractivity (Wildman–Crippen MR) is 215 cm³/mol. The van der Waals surface area contributed by atoms with Gasteiger partial charge in [0.25, 0.3) is 0 Å². The molecule has 0 aliphatic heterocycles. The maximum absolute atomic E-state index is 10.3. The van der Waals surface area contributed by atoms with E-state index in [1.54, 1.807) is 43.8 Å². The largest absolute Gasteiger partial charge is 0.508 e. The van der Waals surface area contributed by atoms with Gasteiger partial charge in [-0.15, -0.1) is 0 Å². The van der Waals surface area contributed by atoms with Crippen molar-refractivity contribution in [2.24, 2.45) is 17.2 Å². The van der Waals surface area contributed by atoms with Gasteiger partial charge in [-0.1, -0.05) is 12.1 Å². The van der Waals surface area contributed by atoms with Crippen molar-refractivity contribution < 1.29 is 44.7 Å². The summed E-state index contributed by atoms with van der Waals surface area (Å²) in [7, 11) is 7.90. The molecule has 1 atom stereocenters. The Hall–Kier alpha value is -5.36. The molecule has 0 fully saturated rings. The van der Waals surface area contributed by atoms with Gasteiger partial charge in [0.2, 0.25) is 0 Å². The van der Waals surface area contributed by atoms with Crippen molar-refractivity contribution in [1.82, 2.24) is 20.3 Å². The van der Waals surface area contributed by atoms with Crippen LogP contribution >= 0.6 is 0 Å². The number of likely N-dealkylation sites (N-methyl/N-ethyl adjacent to an activating group) is 2. The standard InChI is InChI=1S/C10H12N2O.C9H13NO3.C8H11NO2.C7H16NO2.C5H9N3/c11-4-3-7-6-12-10-2-1-8(13)5-9(7)10;1-10-5-9(13)6-2-3-7(11)8(12)4-6;9-4-3-6-1-2-7(10)8(11)5-6;1-7(9)10-6-5-8(2,3)4;6-2-1-5-3-7-4-8-5/h1-2,5-6,12-13H,3-4,11H2;2-4,9-13H,5H2,1H3;1-2,5,10-11H,3-4,9H2;5-6H2,1-4H3;3-4H,1-2,6H2,(H,7,8)/q;;;+1;. The van der Waals surface area contributed by atoms with Crippen molar-refractivity contribution >= 4 is 16.9 Å². The van der Waals surface area contributed by atoms with Crippen LogP contribution in [0.2, 0.25) is 0 Å². The lowest BCUT2D eigenvalue weighted by molar-refractivity contribution is -0.870. The minimum absolute atomic E-state index is 0.0871. The number of fused-ring (bicyclic) bond motifs is 1. The van der Waals surface area contributed by atoms with E-state index < -0.39 is 6.10 Å². The van der Waals surface area contributed by atoms with E-state index in [-0.39, 0.29) is 29.0 Å². The number of rotatable bonds is 12. The first-order valence-corrected chi connectivity index (χ1v) is 17.7. The SMILES string of the molecule is CC(=O)OCC[N+](C)(C)C.CNCC(O)c1ccc(O)c(O)c1.NCCc1c[nH]c2ccc(O)cc12.NCCc1ccc(O)c(O)c1.NCCc1cnc[nH]1. The summed E-state index contributed by atoms with van der Waals surface area (Å²) in [5.41, 5.74) is 20.9. The molecule has 3 aromatic carbocycles. The number of nitrogens with one attached hydrogen (secondary N) is 3. The third kappa shape index (κ3) is 20.1. The molecule has 0 saturated carbocycles. The number of phenols is 5. The molecular formula is C39H61N8O8+. The third-order valence-electron chi connectivity index (χ3n) is 7.46. The molecule has 15 N–H and O–H groups in total. The fraction of sp³-hybridized carbons (Fsp3) is 0.385. The van der Waals surface area contributed by atoms with Crippen molar-refractivity contribution in [1.29, 1.82) is 0 Å². The minimum Gasteiger partial charge on any atom is -0.508 e. The number of aliphatic hydroxyl groups excluding tert-OH is 1. The number of esters is 1.